The minimum atomic E-state index is -1.00. The number of hydrogen-bond acceptors (Lipinski definition) is 7. The van der Waals surface area contributed by atoms with Gasteiger partial charge in [-0.2, -0.15) is 0 Å². The Bertz CT molecular complexity index is 1320. The first-order chi connectivity index (χ1) is 17.3. The molecule has 0 saturated carbocycles. The van der Waals surface area contributed by atoms with Crippen molar-refractivity contribution in [3.05, 3.63) is 81.2 Å². The number of halogens is 2. The molecule has 1 atom stereocenters. The Morgan fingerprint density at radius 1 is 1.08 bits per heavy atom. The van der Waals surface area contributed by atoms with E-state index in [-0.39, 0.29) is 39.2 Å². The van der Waals surface area contributed by atoms with Crippen LogP contribution in [0.3, 0.4) is 0 Å². The standard InChI is InChI=1S/C26H23Cl2NO7/c1-4-35-15-9-7-14(8-10-15)13-29-21(18-6-5-11-36-18)19(23(31)26(29)32)22(30)16-12-17(27)25(34-3)20(28)24(16)33-2/h5-12,21,30H,4,13H2,1-3H3/b22-19-. The third-order valence-corrected chi connectivity index (χ3v) is 6.36. The minimum Gasteiger partial charge on any atom is -0.507 e. The fourth-order valence-electron chi connectivity index (χ4n) is 4.13. The highest BCUT2D eigenvalue weighted by atomic mass is 35.5. The van der Waals surface area contributed by atoms with Gasteiger partial charge in [0.2, 0.25) is 0 Å². The van der Waals surface area contributed by atoms with Gasteiger partial charge in [-0.15, -0.1) is 0 Å². The number of hydrogen-bond donors (Lipinski definition) is 1. The molecule has 1 aliphatic rings. The van der Waals surface area contributed by atoms with Crippen LogP contribution in [0.5, 0.6) is 17.2 Å². The molecule has 3 aromatic rings. The van der Waals surface area contributed by atoms with Crippen molar-refractivity contribution >= 4 is 40.7 Å². The third kappa shape index (κ3) is 4.50. The van der Waals surface area contributed by atoms with E-state index in [9.17, 15) is 14.7 Å². The smallest absolute Gasteiger partial charge is 0.296 e. The molecule has 2 heterocycles. The van der Waals surface area contributed by atoms with Crippen LogP contribution < -0.4 is 14.2 Å². The number of nitrogens with zero attached hydrogens (tertiary/aromatic N) is 1. The highest BCUT2D eigenvalue weighted by Crippen LogP contribution is 2.47. The van der Waals surface area contributed by atoms with Crippen molar-refractivity contribution in [1.82, 2.24) is 4.90 Å². The van der Waals surface area contributed by atoms with Gasteiger partial charge in [0, 0.05) is 6.54 Å². The van der Waals surface area contributed by atoms with Crippen LogP contribution in [0.1, 0.15) is 29.9 Å². The van der Waals surface area contributed by atoms with Gasteiger partial charge in [0.05, 0.1) is 43.2 Å². The third-order valence-electron chi connectivity index (χ3n) is 5.73. The summed E-state index contributed by atoms with van der Waals surface area (Å²) in [5, 5.41) is 11.5. The first kappa shape index (κ1) is 25.5. The lowest BCUT2D eigenvalue weighted by Gasteiger charge is -2.24. The highest BCUT2D eigenvalue weighted by molar-refractivity contribution is 6.46. The van der Waals surface area contributed by atoms with Gasteiger partial charge in [-0.05, 0) is 42.8 Å². The zero-order chi connectivity index (χ0) is 26.0. The van der Waals surface area contributed by atoms with Crippen LogP contribution in [-0.4, -0.2) is 42.5 Å². The zero-order valence-electron chi connectivity index (χ0n) is 19.7. The first-order valence-electron chi connectivity index (χ1n) is 11.0. The second-order valence-corrected chi connectivity index (χ2v) is 8.59. The number of benzene rings is 2. The van der Waals surface area contributed by atoms with Crippen molar-refractivity contribution in [1.29, 1.82) is 0 Å². The van der Waals surface area contributed by atoms with Crippen LogP contribution in [0.25, 0.3) is 5.76 Å². The molecule has 2 aromatic carbocycles. The van der Waals surface area contributed by atoms with E-state index in [2.05, 4.69) is 0 Å². The normalized spacial score (nSPS) is 16.9. The Labute approximate surface area is 217 Å². The van der Waals surface area contributed by atoms with Crippen molar-refractivity contribution in [2.24, 2.45) is 0 Å². The minimum absolute atomic E-state index is 0.00668. The molecule has 10 heteroatoms. The molecule has 4 rings (SSSR count). The average molecular weight is 532 g/mol. The maximum atomic E-state index is 13.3. The maximum Gasteiger partial charge on any atom is 0.296 e. The van der Waals surface area contributed by atoms with E-state index < -0.39 is 23.5 Å². The van der Waals surface area contributed by atoms with Gasteiger partial charge in [-0.3, -0.25) is 9.59 Å². The van der Waals surface area contributed by atoms with E-state index in [1.54, 1.807) is 36.4 Å². The average Bonchev–Trinajstić information content (AvgIpc) is 3.48. The Kier molecular flexibility index (Phi) is 7.47. The lowest BCUT2D eigenvalue weighted by molar-refractivity contribution is -0.140. The SMILES string of the molecule is CCOc1ccc(CN2C(=O)C(=O)/C(=C(\O)c3cc(Cl)c(OC)c(Cl)c3OC)C2c2ccco2)cc1. The van der Waals surface area contributed by atoms with E-state index in [1.807, 2.05) is 6.92 Å². The van der Waals surface area contributed by atoms with E-state index in [0.29, 0.717) is 18.1 Å². The number of rotatable bonds is 8. The summed E-state index contributed by atoms with van der Waals surface area (Å²) in [5.41, 5.74) is 0.602. The van der Waals surface area contributed by atoms with E-state index in [1.165, 1.54) is 31.4 Å². The second kappa shape index (κ2) is 10.6. The number of amides is 1. The van der Waals surface area contributed by atoms with Gasteiger partial charge >= 0.3 is 0 Å². The van der Waals surface area contributed by atoms with Crippen molar-refractivity contribution < 1.29 is 33.3 Å². The molecule has 0 radical (unpaired) electrons. The van der Waals surface area contributed by atoms with Gasteiger partial charge in [-0.25, -0.2) is 0 Å². The summed E-state index contributed by atoms with van der Waals surface area (Å²) in [6.45, 7) is 2.49. The summed E-state index contributed by atoms with van der Waals surface area (Å²) >= 11 is 12.7. The maximum absolute atomic E-state index is 13.3. The number of aliphatic hydroxyl groups excluding tert-OH is 1. The monoisotopic (exact) mass is 531 g/mol. The molecule has 1 fully saturated rings. The quantitative estimate of drug-likeness (QED) is 0.228. The van der Waals surface area contributed by atoms with E-state index >= 15 is 0 Å². The zero-order valence-corrected chi connectivity index (χ0v) is 21.2. The summed E-state index contributed by atoms with van der Waals surface area (Å²) in [6, 6.07) is 10.8. The number of aliphatic hydroxyl groups is 1. The van der Waals surface area contributed by atoms with Crippen LogP contribution in [0.4, 0.5) is 0 Å². The molecule has 1 aromatic heterocycles. The molecular weight excluding hydrogens is 509 g/mol. The number of likely N-dealkylation sites (tertiary alicyclic amines) is 1. The van der Waals surface area contributed by atoms with E-state index in [4.69, 9.17) is 41.8 Å². The topological polar surface area (TPSA) is 98.4 Å². The molecule has 36 heavy (non-hydrogen) atoms. The number of Topliss-reactive ketones (excluding diaryl/α,β-unsaturated/α-hetero) is 1. The van der Waals surface area contributed by atoms with Crippen molar-refractivity contribution in [3.8, 4) is 17.2 Å². The molecule has 1 unspecified atom stereocenters. The molecule has 1 N–H and O–H groups in total. The van der Waals surface area contributed by atoms with Crippen LogP contribution in [0.15, 0.2) is 58.7 Å². The summed E-state index contributed by atoms with van der Waals surface area (Å²) in [5.74, 6) is -1.03. The second-order valence-electron chi connectivity index (χ2n) is 7.81. The molecule has 0 spiro atoms. The van der Waals surface area contributed by atoms with Crippen LogP contribution in [0, 0.1) is 0 Å². The Balaban J connectivity index is 1.84. The van der Waals surface area contributed by atoms with Gasteiger partial charge < -0.3 is 28.6 Å². The molecule has 1 saturated heterocycles. The first-order valence-corrected chi connectivity index (χ1v) is 11.7. The Hall–Kier alpha value is -3.62. The predicted molar refractivity (Wildman–Crippen MR) is 134 cm³/mol. The summed E-state index contributed by atoms with van der Waals surface area (Å²) in [4.78, 5) is 27.8. The Morgan fingerprint density at radius 2 is 1.78 bits per heavy atom. The van der Waals surface area contributed by atoms with Crippen molar-refractivity contribution in [2.45, 2.75) is 19.5 Å². The molecule has 188 valence electrons. The molecule has 8 nitrogen and oxygen atoms in total. The molecule has 1 amide bonds. The predicted octanol–water partition coefficient (Wildman–Crippen LogP) is 5.62. The fraction of sp³-hybridized carbons (Fsp3) is 0.231. The summed E-state index contributed by atoms with van der Waals surface area (Å²) < 4.78 is 21.6. The number of carbonyl (C=O) groups is 2. The number of carbonyl (C=O) groups excluding carboxylic acids is 2. The molecule has 0 bridgehead atoms. The van der Waals surface area contributed by atoms with Gasteiger partial charge in [-0.1, -0.05) is 35.3 Å². The largest absolute Gasteiger partial charge is 0.507 e. The molecule has 0 aliphatic carbocycles. The Morgan fingerprint density at radius 3 is 2.36 bits per heavy atom. The van der Waals surface area contributed by atoms with Gasteiger partial charge in [0.1, 0.15) is 28.3 Å². The number of furan rings is 1. The highest BCUT2D eigenvalue weighted by Gasteiger charge is 2.47. The summed E-state index contributed by atoms with van der Waals surface area (Å²) in [6.07, 6.45) is 1.42. The van der Waals surface area contributed by atoms with Crippen LogP contribution in [0.2, 0.25) is 10.0 Å². The lowest BCUT2D eigenvalue weighted by Crippen LogP contribution is -2.29. The summed E-state index contributed by atoms with van der Waals surface area (Å²) in [7, 11) is 2.73. The number of methoxy groups -OCH3 is 2. The number of ether oxygens (including phenoxy) is 3. The van der Waals surface area contributed by atoms with Gasteiger partial charge in [0.15, 0.2) is 11.5 Å². The van der Waals surface area contributed by atoms with Crippen LogP contribution >= 0.6 is 23.2 Å². The van der Waals surface area contributed by atoms with E-state index in [0.717, 1.165) is 5.56 Å². The fourth-order valence-corrected chi connectivity index (χ4v) is 4.82. The van der Waals surface area contributed by atoms with Gasteiger partial charge in [0.25, 0.3) is 11.7 Å². The lowest BCUT2D eigenvalue weighted by atomic mass is 9.98. The van der Waals surface area contributed by atoms with Crippen LogP contribution in [-0.2, 0) is 16.1 Å². The van der Waals surface area contributed by atoms with Crippen molar-refractivity contribution in [3.63, 3.8) is 0 Å². The van der Waals surface area contributed by atoms with Crippen molar-refractivity contribution in [2.75, 3.05) is 20.8 Å². The molecular formula is C26H23Cl2NO7. The molecule has 1 aliphatic heterocycles. The number of ketones is 1.